The van der Waals surface area contributed by atoms with Gasteiger partial charge in [0.2, 0.25) is 11.2 Å². The standard InChI is InChI=1S/C35H35N2O/c1-20(2)15-29-25-12-9-21(3)16-27(25)22(4)31-33-32-26(13-14-37(33)8)28-17-23(19-35(5,6)36-7)10-11-24(28)18-30(32)38-34(29)31/h9-14,16-18,20H,15,19H2,1-6,8H3/q+1. The van der Waals surface area contributed by atoms with Crippen LogP contribution in [0, 0.1) is 26.3 Å². The Balaban J connectivity index is 1.71. The van der Waals surface area contributed by atoms with Gasteiger partial charge in [-0.1, -0.05) is 55.8 Å². The Kier molecular flexibility index (Phi) is 5.51. The van der Waals surface area contributed by atoms with Crippen molar-refractivity contribution in [1.29, 1.82) is 0 Å². The zero-order chi connectivity index (χ0) is 26.9. The molecule has 0 saturated heterocycles. The molecule has 0 atom stereocenters. The van der Waals surface area contributed by atoms with E-state index in [0.717, 1.165) is 24.3 Å². The maximum absolute atomic E-state index is 7.59. The summed E-state index contributed by atoms with van der Waals surface area (Å²) in [6.45, 7) is 20.6. The van der Waals surface area contributed by atoms with Gasteiger partial charge in [-0.15, -0.1) is 0 Å². The number of aromatic nitrogens is 1. The second-order valence-electron chi connectivity index (χ2n) is 12.2. The number of rotatable bonds is 4. The molecule has 0 bridgehead atoms. The van der Waals surface area contributed by atoms with E-state index in [1.54, 1.807) is 0 Å². The highest BCUT2D eigenvalue weighted by atomic mass is 16.5. The largest absolute Gasteiger partial charge is 0.455 e. The lowest BCUT2D eigenvalue weighted by atomic mass is 9.85. The molecule has 190 valence electrons. The van der Waals surface area contributed by atoms with Gasteiger partial charge < -0.3 is 9.58 Å². The molecule has 1 aliphatic rings. The number of hydrogen-bond donors (Lipinski definition) is 0. The molecule has 0 amide bonds. The predicted octanol–water partition coefficient (Wildman–Crippen LogP) is 8.80. The molecule has 1 aliphatic heterocycles. The first-order chi connectivity index (χ1) is 18.1. The van der Waals surface area contributed by atoms with Crippen molar-refractivity contribution >= 4 is 32.3 Å². The number of benzene rings is 4. The Morgan fingerprint density at radius 3 is 2.47 bits per heavy atom. The smallest absolute Gasteiger partial charge is 0.231 e. The summed E-state index contributed by atoms with van der Waals surface area (Å²) in [6.07, 6.45) is 3.88. The molecule has 0 spiro atoms. The third kappa shape index (κ3) is 3.74. The molecule has 0 radical (unpaired) electrons. The highest BCUT2D eigenvalue weighted by Gasteiger charge is 2.33. The summed E-state index contributed by atoms with van der Waals surface area (Å²) in [7, 11) is 2.15. The predicted molar refractivity (Wildman–Crippen MR) is 158 cm³/mol. The maximum atomic E-state index is 7.59. The fourth-order valence-corrected chi connectivity index (χ4v) is 6.26. The van der Waals surface area contributed by atoms with Gasteiger partial charge >= 0.3 is 0 Å². The Hall–Kier alpha value is -3.90. The second kappa shape index (κ2) is 8.57. The minimum absolute atomic E-state index is 0.419. The van der Waals surface area contributed by atoms with E-state index in [9.17, 15) is 0 Å². The van der Waals surface area contributed by atoms with E-state index in [1.807, 2.05) is 13.8 Å². The summed E-state index contributed by atoms with van der Waals surface area (Å²) >= 11 is 0. The summed E-state index contributed by atoms with van der Waals surface area (Å²) in [5.74, 6) is 2.45. The van der Waals surface area contributed by atoms with Crippen LogP contribution in [0.15, 0.2) is 54.7 Å². The van der Waals surface area contributed by atoms with Gasteiger partial charge in [0.1, 0.15) is 18.5 Å². The van der Waals surface area contributed by atoms with E-state index < -0.39 is 5.54 Å². The molecular weight excluding hydrogens is 464 g/mol. The van der Waals surface area contributed by atoms with Gasteiger partial charge in [0.05, 0.1) is 17.4 Å². The Bertz CT molecular complexity index is 1840. The van der Waals surface area contributed by atoms with E-state index in [-0.39, 0.29) is 0 Å². The van der Waals surface area contributed by atoms with Crippen molar-refractivity contribution in [3.63, 3.8) is 0 Å². The third-order valence-corrected chi connectivity index (χ3v) is 8.05. The number of nitrogens with zero attached hydrogens (tertiary/aromatic N) is 2. The third-order valence-electron chi connectivity index (χ3n) is 8.05. The average Bonchev–Trinajstić information content (AvgIpc) is 2.87. The first-order valence-electron chi connectivity index (χ1n) is 13.6. The summed E-state index contributed by atoms with van der Waals surface area (Å²) in [6, 6.07) is 17.9. The Morgan fingerprint density at radius 1 is 0.947 bits per heavy atom. The quantitative estimate of drug-likeness (QED) is 0.135. The first-order valence-corrected chi connectivity index (χ1v) is 13.6. The molecule has 1 aromatic heterocycles. The molecule has 2 heterocycles. The highest BCUT2D eigenvalue weighted by Crippen LogP contribution is 2.52. The van der Waals surface area contributed by atoms with Gasteiger partial charge in [-0.25, -0.2) is 11.1 Å². The summed E-state index contributed by atoms with van der Waals surface area (Å²) in [4.78, 5) is 3.84. The molecule has 3 nitrogen and oxygen atoms in total. The van der Waals surface area contributed by atoms with Crippen molar-refractivity contribution in [2.75, 3.05) is 0 Å². The molecule has 0 N–H and O–H groups in total. The molecule has 38 heavy (non-hydrogen) atoms. The summed E-state index contributed by atoms with van der Waals surface area (Å²) < 4.78 is 9.20. The lowest BCUT2D eigenvalue weighted by Crippen LogP contribution is -2.32. The van der Waals surface area contributed by atoms with Crippen molar-refractivity contribution < 1.29 is 9.30 Å². The minimum Gasteiger partial charge on any atom is -0.455 e. The Morgan fingerprint density at radius 2 is 1.74 bits per heavy atom. The molecule has 4 aromatic carbocycles. The van der Waals surface area contributed by atoms with E-state index >= 15 is 0 Å². The van der Waals surface area contributed by atoms with Gasteiger partial charge in [-0.3, -0.25) is 0 Å². The fraction of sp³-hybridized carbons (Fsp3) is 0.314. The number of ether oxygens (including phenoxy) is 1. The van der Waals surface area contributed by atoms with E-state index in [1.165, 1.54) is 65.8 Å². The number of pyridine rings is 1. The van der Waals surface area contributed by atoms with Crippen molar-refractivity contribution in [1.82, 2.24) is 0 Å². The summed E-state index contributed by atoms with van der Waals surface area (Å²) in [5.41, 5.74) is 7.05. The Labute approximate surface area is 225 Å². The number of aryl methyl sites for hydroxylation is 3. The summed E-state index contributed by atoms with van der Waals surface area (Å²) in [5, 5.41) is 7.36. The first kappa shape index (κ1) is 24.4. The SMILES string of the molecule is [C-]#[N+]C(C)(C)Cc1ccc2cc3c4c([n+](C)ccc4c2c1)-c1c(c(CC(C)C)c2ccc(C)cc2c1C)O3. The van der Waals surface area contributed by atoms with Crippen molar-refractivity contribution in [2.24, 2.45) is 13.0 Å². The topological polar surface area (TPSA) is 17.5 Å². The molecule has 0 aliphatic carbocycles. The van der Waals surface area contributed by atoms with Crippen LogP contribution in [-0.4, -0.2) is 5.54 Å². The second-order valence-corrected chi connectivity index (χ2v) is 12.2. The zero-order valence-corrected chi connectivity index (χ0v) is 23.5. The molecular formula is C35H35N2O+. The van der Waals surface area contributed by atoms with Crippen molar-refractivity contribution in [3.8, 4) is 22.8 Å². The van der Waals surface area contributed by atoms with Crippen molar-refractivity contribution in [3.05, 3.63) is 88.4 Å². The monoisotopic (exact) mass is 499 g/mol. The molecule has 0 unspecified atom stereocenters. The zero-order valence-electron chi connectivity index (χ0n) is 23.5. The molecule has 6 rings (SSSR count). The van der Waals surface area contributed by atoms with E-state index in [4.69, 9.17) is 11.3 Å². The fourth-order valence-electron chi connectivity index (χ4n) is 6.26. The highest BCUT2D eigenvalue weighted by molar-refractivity contribution is 6.16. The van der Waals surface area contributed by atoms with Gasteiger partial charge in [-0.2, -0.15) is 0 Å². The number of hydrogen-bond acceptors (Lipinski definition) is 1. The van der Waals surface area contributed by atoms with Crippen LogP contribution >= 0.6 is 0 Å². The van der Waals surface area contributed by atoms with Crippen LogP contribution in [0.5, 0.6) is 11.5 Å². The van der Waals surface area contributed by atoms with E-state index in [2.05, 4.69) is 98.9 Å². The van der Waals surface area contributed by atoms with Crippen LogP contribution in [-0.2, 0) is 19.9 Å². The van der Waals surface area contributed by atoms with Crippen LogP contribution < -0.4 is 9.30 Å². The lowest BCUT2D eigenvalue weighted by molar-refractivity contribution is -0.659. The van der Waals surface area contributed by atoms with Crippen LogP contribution in [0.25, 0.3) is 48.4 Å². The van der Waals surface area contributed by atoms with Gasteiger partial charge in [0.25, 0.3) is 0 Å². The van der Waals surface area contributed by atoms with Crippen LogP contribution in [0.4, 0.5) is 0 Å². The molecule has 0 fully saturated rings. The van der Waals surface area contributed by atoms with Crippen molar-refractivity contribution in [2.45, 2.75) is 59.9 Å². The van der Waals surface area contributed by atoms with Gasteiger partial charge in [0.15, 0.2) is 6.20 Å². The molecule has 0 saturated carbocycles. The van der Waals surface area contributed by atoms with Gasteiger partial charge in [0, 0.05) is 30.9 Å². The van der Waals surface area contributed by atoms with E-state index in [0.29, 0.717) is 5.92 Å². The van der Waals surface area contributed by atoms with Gasteiger partial charge in [-0.05, 0) is 64.9 Å². The lowest BCUT2D eigenvalue weighted by Gasteiger charge is -2.26. The maximum Gasteiger partial charge on any atom is 0.231 e. The minimum atomic E-state index is -0.419. The van der Waals surface area contributed by atoms with Crippen LogP contribution in [0.3, 0.4) is 0 Å². The van der Waals surface area contributed by atoms with Crippen LogP contribution in [0.1, 0.15) is 49.9 Å². The molecule has 3 heteroatoms. The number of fused-ring (bicyclic) bond motifs is 5. The normalized spacial score (nSPS) is 12.7. The molecule has 5 aromatic rings. The van der Waals surface area contributed by atoms with Crippen LogP contribution in [0.2, 0.25) is 0 Å². The average molecular weight is 500 g/mol.